The number of carbonyl (C=O) groups is 1. The van der Waals surface area contributed by atoms with Gasteiger partial charge in [0.1, 0.15) is 31.0 Å². The molecule has 358 valence electrons. The van der Waals surface area contributed by atoms with Crippen molar-refractivity contribution in [2.45, 2.75) is 259 Å². The van der Waals surface area contributed by atoms with Crippen LogP contribution >= 0.6 is 0 Å². The second kappa shape index (κ2) is 25.6. The smallest absolute Gasteiger partial charge is 0.305 e. The van der Waals surface area contributed by atoms with Gasteiger partial charge in [-0.2, -0.15) is 0 Å². The van der Waals surface area contributed by atoms with Crippen LogP contribution in [0.4, 0.5) is 0 Å². The van der Waals surface area contributed by atoms with Crippen molar-refractivity contribution >= 4 is 5.97 Å². The quantitative estimate of drug-likeness (QED) is 0.0429. The predicted molar refractivity (Wildman–Crippen MR) is 253 cm³/mol. The van der Waals surface area contributed by atoms with Crippen LogP contribution in [0.1, 0.15) is 222 Å². The van der Waals surface area contributed by atoms with E-state index < -0.39 is 30.7 Å². The van der Waals surface area contributed by atoms with Gasteiger partial charge in [-0.05, 0) is 142 Å². The summed E-state index contributed by atoms with van der Waals surface area (Å²) in [5, 5.41) is 32.6. The first kappa shape index (κ1) is 51.7. The van der Waals surface area contributed by atoms with Gasteiger partial charge in [-0.3, -0.25) is 4.79 Å². The van der Waals surface area contributed by atoms with E-state index in [9.17, 15) is 20.1 Å². The van der Waals surface area contributed by atoms with E-state index in [-0.39, 0.29) is 24.1 Å². The lowest BCUT2D eigenvalue weighted by molar-refractivity contribution is -0.313. The minimum atomic E-state index is -1.44. The van der Waals surface area contributed by atoms with E-state index in [4.69, 9.17) is 14.2 Å². The average Bonchev–Trinajstić information content (AvgIpc) is 3.62. The molecule has 3 unspecified atom stereocenters. The van der Waals surface area contributed by atoms with E-state index in [1.807, 2.05) is 0 Å². The molecule has 62 heavy (non-hydrogen) atoms. The highest BCUT2D eigenvalue weighted by Gasteiger charge is 2.59. The summed E-state index contributed by atoms with van der Waals surface area (Å²) in [6.07, 6.45) is 33.0. The number of rotatable bonds is 27. The monoisotopic (exact) mass is 869 g/mol. The summed E-state index contributed by atoms with van der Waals surface area (Å²) >= 11 is 0. The Morgan fingerprint density at radius 1 is 0.790 bits per heavy atom. The number of aliphatic hydroxyl groups is 3. The minimum absolute atomic E-state index is 0.143. The number of fused-ring (bicyclic) bond motifs is 5. The van der Waals surface area contributed by atoms with E-state index in [0.717, 1.165) is 80.5 Å². The zero-order chi connectivity index (χ0) is 44.7. The van der Waals surface area contributed by atoms with Crippen molar-refractivity contribution in [2.24, 2.45) is 52.3 Å². The molecule has 5 aliphatic rings. The van der Waals surface area contributed by atoms with Gasteiger partial charge in [0, 0.05) is 6.42 Å². The van der Waals surface area contributed by atoms with Gasteiger partial charge in [0.05, 0.1) is 6.10 Å². The second-order valence-corrected chi connectivity index (χ2v) is 22.2. The van der Waals surface area contributed by atoms with E-state index >= 15 is 0 Å². The van der Waals surface area contributed by atoms with Gasteiger partial charge in [-0.15, -0.1) is 0 Å². The van der Waals surface area contributed by atoms with E-state index in [0.29, 0.717) is 17.8 Å². The van der Waals surface area contributed by atoms with Crippen LogP contribution in [0.15, 0.2) is 23.8 Å². The summed E-state index contributed by atoms with van der Waals surface area (Å²) in [5.74, 6) is 5.22. The highest BCUT2D eigenvalue weighted by Crippen LogP contribution is 2.67. The molecule has 0 aromatic carbocycles. The summed E-state index contributed by atoms with van der Waals surface area (Å²) in [7, 11) is 0. The molecule has 7 nitrogen and oxygen atoms in total. The molecule has 4 fully saturated rings. The normalized spacial score (nSPS) is 35.6. The fraction of sp³-hybridized carbons (Fsp3) is 0.909. The van der Waals surface area contributed by atoms with Crippen molar-refractivity contribution in [1.29, 1.82) is 0 Å². The third-order valence-electron chi connectivity index (χ3n) is 17.8. The first-order valence-corrected chi connectivity index (χ1v) is 26.7. The molecule has 1 saturated heterocycles. The molecule has 0 aromatic rings. The van der Waals surface area contributed by atoms with Gasteiger partial charge in [0.2, 0.25) is 0 Å². The molecular weight excluding hydrogens is 773 g/mol. The topological polar surface area (TPSA) is 105 Å². The first-order valence-electron chi connectivity index (χ1n) is 26.7. The van der Waals surface area contributed by atoms with Gasteiger partial charge >= 0.3 is 5.97 Å². The van der Waals surface area contributed by atoms with Gasteiger partial charge in [-0.25, -0.2) is 0 Å². The van der Waals surface area contributed by atoms with E-state index in [1.165, 1.54) is 128 Å². The Bertz CT molecular complexity index is 1360. The lowest BCUT2D eigenvalue weighted by atomic mass is 9.47. The number of ether oxygens (including phenoxy) is 3. The van der Waals surface area contributed by atoms with Crippen LogP contribution in [-0.4, -0.2) is 64.7 Å². The van der Waals surface area contributed by atoms with Crippen molar-refractivity contribution in [1.82, 2.24) is 0 Å². The summed E-state index contributed by atoms with van der Waals surface area (Å²) in [5.41, 5.74) is 2.12. The maximum absolute atomic E-state index is 12.6. The van der Waals surface area contributed by atoms with Gasteiger partial charge < -0.3 is 29.5 Å². The predicted octanol–water partition coefficient (Wildman–Crippen LogP) is 13.2. The van der Waals surface area contributed by atoms with E-state index in [2.05, 4.69) is 66.7 Å². The van der Waals surface area contributed by atoms with Crippen LogP contribution in [0, 0.1) is 52.3 Å². The molecule has 1 heterocycles. The van der Waals surface area contributed by atoms with Gasteiger partial charge in [0.15, 0.2) is 6.29 Å². The summed E-state index contributed by atoms with van der Waals surface area (Å²) < 4.78 is 18.1. The maximum Gasteiger partial charge on any atom is 0.305 e. The molecule has 0 radical (unpaired) electrons. The Kier molecular flexibility index (Phi) is 21.4. The molecule has 4 aliphatic carbocycles. The third-order valence-corrected chi connectivity index (χ3v) is 17.8. The Morgan fingerprint density at radius 3 is 2.11 bits per heavy atom. The second-order valence-electron chi connectivity index (χ2n) is 22.2. The molecule has 0 spiro atoms. The first-order chi connectivity index (χ1) is 29.8. The van der Waals surface area contributed by atoms with Crippen molar-refractivity contribution in [3.63, 3.8) is 0 Å². The largest absolute Gasteiger partial charge is 0.463 e. The summed E-state index contributed by atoms with van der Waals surface area (Å²) in [4.78, 5) is 12.6. The van der Waals surface area contributed by atoms with Crippen LogP contribution in [0.25, 0.3) is 0 Å². The molecule has 0 bridgehead atoms. The van der Waals surface area contributed by atoms with Gasteiger partial charge in [0.25, 0.3) is 0 Å². The highest BCUT2D eigenvalue weighted by atomic mass is 16.7. The maximum atomic E-state index is 12.6. The fourth-order valence-corrected chi connectivity index (χ4v) is 13.7. The number of esters is 1. The molecule has 14 atom stereocenters. The number of allylic oxidation sites excluding steroid dienone is 3. The number of aliphatic hydroxyl groups excluding tert-OH is 3. The molecule has 1 aliphatic heterocycles. The minimum Gasteiger partial charge on any atom is -0.463 e. The van der Waals surface area contributed by atoms with Gasteiger partial charge in [-0.1, -0.05) is 149 Å². The number of carbonyl (C=O) groups excluding carboxylic acids is 1. The lowest BCUT2D eigenvalue weighted by Gasteiger charge is -2.58. The summed E-state index contributed by atoms with van der Waals surface area (Å²) in [6, 6.07) is 0. The zero-order valence-electron chi connectivity index (χ0n) is 41.0. The van der Waals surface area contributed by atoms with E-state index in [1.54, 1.807) is 0 Å². The molecule has 5 rings (SSSR count). The Morgan fingerprint density at radius 2 is 1.45 bits per heavy atom. The molecule has 3 saturated carbocycles. The standard InChI is InChI=1S/C55H96O7/c1-8-10-11-12-13-14-15-16-17-18-19-20-21-22-23-24-25-26-49(56)60-38-48-50(57)51(58)52(59)53(62-48)61-43-33-35-54(6)42(37-43)29-30-44-46-32-31-45(55(46,7)36-34-47(44)54)40(5)27-28-41(9-2)39(3)4/h16-17,29,39-41,43-48,50-53,57-59H,8-15,18-28,30-38H2,1-7H3/b17-16-/t40-,41-,43+,44+,45-,46+,47+,48?,50-,51?,52?,53-,54+,55-/m1/s1. The summed E-state index contributed by atoms with van der Waals surface area (Å²) in [6.45, 7) is 17.0. The van der Waals surface area contributed by atoms with Crippen LogP contribution < -0.4 is 0 Å². The molecule has 0 amide bonds. The molecular formula is C55H96O7. The number of hydrogen-bond donors (Lipinski definition) is 3. The van der Waals surface area contributed by atoms with Crippen LogP contribution in [0.3, 0.4) is 0 Å². The lowest BCUT2D eigenvalue weighted by Crippen LogP contribution is -2.60. The highest BCUT2D eigenvalue weighted by molar-refractivity contribution is 5.69. The van der Waals surface area contributed by atoms with Crippen LogP contribution in [0.2, 0.25) is 0 Å². The van der Waals surface area contributed by atoms with Crippen molar-refractivity contribution < 1.29 is 34.3 Å². The third kappa shape index (κ3) is 13.7. The number of unbranched alkanes of at least 4 members (excludes halogenated alkanes) is 13. The fourth-order valence-electron chi connectivity index (χ4n) is 13.7. The van der Waals surface area contributed by atoms with Crippen LogP contribution in [-0.2, 0) is 19.0 Å². The van der Waals surface area contributed by atoms with Crippen molar-refractivity contribution in [2.75, 3.05) is 6.61 Å². The Balaban J connectivity index is 0.993. The molecule has 7 heteroatoms. The zero-order valence-corrected chi connectivity index (χ0v) is 41.0. The van der Waals surface area contributed by atoms with Crippen LogP contribution in [0.5, 0.6) is 0 Å². The van der Waals surface area contributed by atoms with Crippen molar-refractivity contribution in [3.8, 4) is 0 Å². The SMILES string of the molecule is CCCCCCCC/C=C\CCCCCCCCCC(=O)OCC1O[C@@H](O[C@H]2CC[C@@]3(C)C(=CC[C@H]4[C@@H]5CC[C@H]([C@H](C)CC[C@@H](CC)C(C)C)[C@@]5(C)CC[C@@H]43)C2)C(O)C(O)[C@@H]1O. The van der Waals surface area contributed by atoms with Crippen molar-refractivity contribution in [3.05, 3.63) is 23.8 Å². The number of hydrogen-bond acceptors (Lipinski definition) is 7. The Hall–Kier alpha value is -1.25. The Labute approximate surface area is 380 Å². The molecule has 0 aromatic heterocycles. The molecule has 3 N–H and O–H groups in total. The average molecular weight is 869 g/mol.